The number of carboxylic acids is 1. The van der Waals surface area contributed by atoms with Crippen LogP contribution in [0, 0.1) is 12.8 Å². The maximum absolute atomic E-state index is 12.1. The largest absolute Gasteiger partial charge is 0.481 e. The Bertz CT molecular complexity index is 484. The average Bonchev–Trinajstić information content (AvgIpc) is 2.38. The Morgan fingerprint density at radius 2 is 1.85 bits per heavy atom. The van der Waals surface area contributed by atoms with Gasteiger partial charge in [0, 0.05) is 20.0 Å². The van der Waals surface area contributed by atoms with E-state index in [2.05, 4.69) is 0 Å². The first-order valence-corrected chi connectivity index (χ1v) is 6.85. The van der Waals surface area contributed by atoms with Crippen molar-refractivity contribution in [3.8, 4) is 0 Å². The van der Waals surface area contributed by atoms with E-state index in [1.165, 1.54) is 16.0 Å². The molecule has 0 saturated heterocycles. The molecule has 1 aromatic rings. The predicted octanol–water partition coefficient (Wildman–Crippen LogP) is 2.67. The second-order valence-corrected chi connectivity index (χ2v) is 5.48. The molecule has 0 bridgehead atoms. The minimum atomic E-state index is -0.878. The molecule has 0 radical (unpaired) electrons. The van der Waals surface area contributed by atoms with E-state index in [1.807, 2.05) is 38.1 Å². The van der Waals surface area contributed by atoms with Gasteiger partial charge < -0.3 is 10.0 Å². The number of aryl methyl sites for hydroxylation is 1. The van der Waals surface area contributed by atoms with Crippen LogP contribution in [0.3, 0.4) is 0 Å². The van der Waals surface area contributed by atoms with Crippen LogP contribution in [0.1, 0.15) is 37.3 Å². The van der Waals surface area contributed by atoms with Crippen LogP contribution in [0.2, 0.25) is 0 Å². The predicted molar refractivity (Wildman–Crippen MR) is 78.6 cm³/mol. The highest BCUT2D eigenvalue weighted by Crippen LogP contribution is 2.23. The molecule has 2 atom stereocenters. The number of carbonyl (C=O) groups excluding carboxylic acids is 1. The first-order chi connectivity index (χ1) is 9.32. The van der Waals surface area contributed by atoms with Gasteiger partial charge in [0.2, 0.25) is 5.91 Å². The van der Waals surface area contributed by atoms with E-state index in [1.54, 1.807) is 14.0 Å². The molecule has 1 aromatic carbocycles. The third-order valence-corrected chi connectivity index (χ3v) is 3.60. The normalized spacial score (nSPS) is 13.6. The second-order valence-electron chi connectivity index (χ2n) is 5.48. The lowest BCUT2D eigenvalue weighted by Crippen LogP contribution is -2.34. The Morgan fingerprint density at radius 1 is 1.25 bits per heavy atom. The first kappa shape index (κ1) is 16.2. The molecule has 0 aliphatic carbocycles. The van der Waals surface area contributed by atoms with Crippen molar-refractivity contribution >= 4 is 11.9 Å². The van der Waals surface area contributed by atoms with E-state index in [4.69, 9.17) is 5.11 Å². The number of carboxylic acid groups (broad SMARTS) is 1. The standard InChI is InChI=1S/C16H23NO3/c1-11-7-5-6-8-14(11)12(2)9-15(18)17(4)10-13(3)16(19)20/h5-8,12-13H,9-10H2,1-4H3,(H,19,20). The molecular formula is C16H23NO3. The van der Waals surface area contributed by atoms with Gasteiger partial charge in [-0.3, -0.25) is 9.59 Å². The summed E-state index contributed by atoms with van der Waals surface area (Å²) in [5.41, 5.74) is 2.34. The van der Waals surface area contributed by atoms with Gasteiger partial charge >= 0.3 is 5.97 Å². The highest BCUT2D eigenvalue weighted by Gasteiger charge is 2.20. The summed E-state index contributed by atoms with van der Waals surface area (Å²) in [7, 11) is 1.66. The number of nitrogens with zero attached hydrogens (tertiary/aromatic N) is 1. The summed E-state index contributed by atoms with van der Waals surface area (Å²) in [6.07, 6.45) is 0.397. The Morgan fingerprint density at radius 3 is 2.40 bits per heavy atom. The van der Waals surface area contributed by atoms with Crippen LogP contribution < -0.4 is 0 Å². The maximum Gasteiger partial charge on any atom is 0.308 e. The fraction of sp³-hybridized carbons (Fsp3) is 0.500. The second kappa shape index (κ2) is 7.08. The molecule has 0 fully saturated rings. The quantitative estimate of drug-likeness (QED) is 0.869. The highest BCUT2D eigenvalue weighted by molar-refractivity contribution is 5.78. The summed E-state index contributed by atoms with van der Waals surface area (Å²) in [5, 5.41) is 8.87. The molecule has 4 heteroatoms. The zero-order chi connectivity index (χ0) is 15.3. The topological polar surface area (TPSA) is 57.6 Å². The van der Waals surface area contributed by atoms with Crippen LogP contribution >= 0.6 is 0 Å². The van der Waals surface area contributed by atoms with Gasteiger partial charge in [-0.05, 0) is 24.0 Å². The molecule has 0 saturated carbocycles. The summed E-state index contributed by atoms with van der Waals surface area (Å²) < 4.78 is 0. The van der Waals surface area contributed by atoms with Gasteiger partial charge in [0.25, 0.3) is 0 Å². The van der Waals surface area contributed by atoms with Gasteiger partial charge in [-0.25, -0.2) is 0 Å². The van der Waals surface area contributed by atoms with Gasteiger partial charge in [0.1, 0.15) is 0 Å². The van der Waals surface area contributed by atoms with Gasteiger partial charge in [-0.2, -0.15) is 0 Å². The van der Waals surface area contributed by atoms with Crippen molar-refractivity contribution in [3.63, 3.8) is 0 Å². The van der Waals surface area contributed by atoms with Crippen LogP contribution in [-0.4, -0.2) is 35.5 Å². The Balaban J connectivity index is 2.62. The van der Waals surface area contributed by atoms with E-state index in [0.29, 0.717) is 6.42 Å². The van der Waals surface area contributed by atoms with Crippen molar-refractivity contribution < 1.29 is 14.7 Å². The lowest BCUT2D eigenvalue weighted by molar-refractivity contribution is -0.142. The number of amides is 1. The highest BCUT2D eigenvalue weighted by atomic mass is 16.4. The van der Waals surface area contributed by atoms with E-state index in [-0.39, 0.29) is 18.4 Å². The number of hydrogen-bond donors (Lipinski definition) is 1. The molecule has 0 spiro atoms. The summed E-state index contributed by atoms with van der Waals surface area (Å²) in [5.74, 6) is -1.31. The minimum Gasteiger partial charge on any atom is -0.481 e. The molecule has 110 valence electrons. The molecule has 0 aliphatic rings. The van der Waals surface area contributed by atoms with Gasteiger partial charge in [-0.15, -0.1) is 0 Å². The SMILES string of the molecule is Cc1ccccc1C(C)CC(=O)N(C)CC(C)C(=O)O. The molecule has 1 amide bonds. The van der Waals surface area contributed by atoms with Gasteiger partial charge in [-0.1, -0.05) is 38.1 Å². The molecule has 1 rings (SSSR count). The van der Waals surface area contributed by atoms with Crippen molar-refractivity contribution in [1.82, 2.24) is 4.90 Å². The molecule has 0 aliphatic heterocycles. The molecule has 20 heavy (non-hydrogen) atoms. The van der Waals surface area contributed by atoms with Crippen LogP contribution in [0.15, 0.2) is 24.3 Å². The van der Waals surface area contributed by atoms with Gasteiger partial charge in [0.05, 0.1) is 5.92 Å². The third-order valence-electron chi connectivity index (χ3n) is 3.60. The van der Waals surface area contributed by atoms with Crippen LogP contribution in [0.5, 0.6) is 0 Å². The van der Waals surface area contributed by atoms with Crippen LogP contribution in [0.4, 0.5) is 0 Å². The summed E-state index contributed by atoms with van der Waals surface area (Å²) in [6, 6.07) is 8.02. The molecule has 0 aromatic heterocycles. The zero-order valence-corrected chi connectivity index (χ0v) is 12.6. The lowest BCUT2D eigenvalue weighted by Gasteiger charge is -2.22. The third kappa shape index (κ3) is 4.37. The van der Waals surface area contributed by atoms with Crippen molar-refractivity contribution in [2.24, 2.45) is 5.92 Å². The van der Waals surface area contributed by atoms with Crippen molar-refractivity contribution in [2.75, 3.05) is 13.6 Å². The lowest BCUT2D eigenvalue weighted by atomic mass is 9.93. The fourth-order valence-corrected chi connectivity index (χ4v) is 2.26. The van der Waals surface area contributed by atoms with Crippen LogP contribution in [0.25, 0.3) is 0 Å². The molecular weight excluding hydrogens is 254 g/mol. The number of rotatable bonds is 6. The molecule has 2 unspecified atom stereocenters. The Kier molecular flexibility index (Phi) is 5.74. The fourth-order valence-electron chi connectivity index (χ4n) is 2.26. The zero-order valence-electron chi connectivity index (χ0n) is 12.6. The molecule has 4 nitrogen and oxygen atoms in total. The van der Waals surface area contributed by atoms with E-state index in [9.17, 15) is 9.59 Å². The van der Waals surface area contributed by atoms with Crippen molar-refractivity contribution in [3.05, 3.63) is 35.4 Å². The Hall–Kier alpha value is -1.84. The molecule has 0 heterocycles. The van der Waals surface area contributed by atoms with Crippen molar-refractivity contribution in [2.45, 2.75) is 33.1 Å². The Labute approximate surface area is 120 Å². The number of hydrogen-bond acceptors (Lipinski definition) is 2. The maximum atomic E-state index is 12.1. The summed E-state index contributed by atoms with van der Waals surface area (Å²) in [4.78, 5) is 24.4. The smallest absolute Gasteiger partial charge is 0.308 e. The van der Waals surface area contributed by atoms with E-state index < -0.39 is 11.9 Å². The van der Waals surface area contributed by atoms with Crippen molar-refractivity contribution in [1.29, 1.82) is 0 Å². The summed E-state index contributed by atoms with van der Waals surface area (Å²) in [6.45, 7) is 5.91. The number of benzene rings is 1. The first-order valence-electron chi connectivity index (χ1n) is 6.85. The van der Waals surface area contributed by atoms with Crippen LogP contribution in [-0.2, 0) is 9.59 Å². The van der Waals surface area contributed by atoms with E-state index in [0.717, 1.165) is 0 Å². The molecule has 1 N–H and O–H groups in total. The van der Waals surface area contributed by atoms with E-state index >= 15 is 0 Å². The van der Waals surface area contributed by atoms with Gasteiger partial charge in [0.15, 0.2) is 0 Å². The number of carbonyl (C=O) groups is 2. The monoisotopic (exact) mass is 277 g/mol. The summed E-state index contributed by atoms with van der Waals surface area (Å²) >= 11 is 0. The minimum absolute atomic E-state index is 0.0196. The average molecular weight is 277 g/mol. The number of aliphatic carboxylic acids is 1.